The molecule has 0 fully saturated rings. The summed E-state index contributed by atoms with van der Waals surface area (Å²) < 4.78 is 42.3. The van der Waals surface area contributed by atoms with Gasteiger partial charge in [-0.1, -0.05) is 0 Å². The second kappa shape index (κ2) is 9.67. The highest BCUT2D eigenvalue weighted by Crippen LogP contribution is 2.26. The number of carbonyl (C=O) groups excluding carboxylic acids is 2. The first-order chi connectivity index (χ1) is 14.7. The number of aromatic nitrogens is 1. The molecule has 0 radical (unpaired) electrons. The van der Waals surface area contributed by atoms with E-state index in [2.05, 4.69) is 15.6 Å². The minimum absolute atomic E-state index is 0.238. The highest BCUT2D eigenvalue weighted by molar-refractivity contribution is 7.92. The maximum atomic E-state index is 12.9. The molecule has 2 aromatic carbocycles. The molecule has 0 aliphatic heterocycles. The van der Waals surface area contributed by atoms with E-state index in [1.54, 1.807) is 24.6 Å². The van der Waals surface area contributed by atoms with Crippen LogP contribution in [0.1, 0.15) is 0 Å². The molecule has 0 bridgehead atoms. The van der Waals surface area contributed by atoms with E-state index in [0.29, 0.717) is 11.4 Å². The number of benzene rings is 2. The number of hydrogen-bond acceptors (Lipinski definition) is 7. The van der Waals surface area contributed by atoms with Crippen LogP contribution in [0.25, 0.3) is 11.3 Å². The fourth-order valence-electron chi connectivity index (χ4n) is 2.56. The minimum atomic E-state index is -4.02. The van der Waals surface area contributed by atoms with Crippen LogP contribution in [0.3, 0.4) is 0 Å². The van der Waals surface area contributed by atoms with Gasteiger partial charge in [0, 0.05) is 16.6 Å². The molecule has 162 valence electrons. The fraction of sp³-hybridized carbons (Fsp3) is 0.150. The Bertz CT molecular complexity index is 1180. The van der Waals surface area contributed by atoms with Gasteiger partial charge in [-0.3, -0.25) is 9.59 Å². The number of carbonyl (C=O) groups is 2. The molecule has 11 heteroatoms. The Labute approximate surface area is 182 Å². The average Bonchev–Trinajstić information content (AvgIpc) is 3.17. The lowest BCUT2D eigenvalue weighted by atomic mass is 10.2. The lowest BCUT2D eigenvalue weighted by Crippen LogP contribution is -2.30. The van der Waals surface area contributed by atoms with Gasteiger partial charge in [0.15, 0.2) is 15.0 Å². The summed E-state index contributed by atoms with van der Waals surface area (Å²) in [6.07, 6.45) is 0. The Morgan fingerprint density at radius 2 is 1.61 bits per heavy atom. The van der Waals surface area contributed by atoms with Crippen LogP contribution in [0.2, 0.25) is 0 Å². The van der Waals surface area contributed by atoms with Crippen molar-refractivity contribution in [3.8, 4) is 17.0 Å². The molecule has 0 unspecified atom stereocenters. The van der Waals surface area contributed by atoms with Crippen molar-refractivity contribution in [2.24, 2.45) is 0 Å². The molecule has 1 aromatic heterocycles. The van der Waals surface area contributed by atoms with Gasteiger partial charge < -0.3 is 15.4 Å². The van der Waals surface area contributed by atoms with Gasteiger partial charge in [0.2, 0.25) is 11.8 Å². The van der Waals surface area contributed by atoms with Crippen molar-refractivity contribution in [2.75, 3.05) is 29.2 Å². The van der Waals surface area contributed by atoms with E-state index in [1.807, 2.05) is 12.1 Å². The van der Waals surface area contributed by atoms with Gasteiger partial charge in [-0.2, -0.15) is 0 Å². The molecule has 3 rings (SSSR count). The Hall–Kier alpha value is -3.31. The van der Waals surface area contributed by atoms with Gasteiger partial charge >= 0.3 is 0 Å². The van der Waals surface area contributed by atoms with Crippen LogP contribution >= 0.6 is 11.3 Å². The molecule has 0 atom stereocenters. The van der Waals surface area contributed by atoms with E-state index < -0.39 is 39.0 Å². The predicted molar refractivity (Wildman–Crippen MR) is 116 cm³/mol. The topological polar surface area (TPSA) is 114 Å². The van der Waals surface area contributed by atoms with Gasteiger partial charge in [-0.15, -0.1) is 11.3 Å². The number of rotatable bonds is 8. The summed E-state index contributed by atoms with van der Waals surface area (Å²) in [5.41, 5.74) is 1.67. The molecule has 0 aliphatic carbocycles. The van der Waals surface area contributed by atoms with E-state index in [1.165, 1.54) is 12.1 Å². The predicted octanol–water partition coefficient (Wildman–Crippen LogP) is 2.95. The van der Waals surface area contributed by atoms with Gasteiger partial charge in [0.1, 0.15) is 23.1 Å². The Balaban J connectivity index is 1.55. The van der Waals surface area contributed by atoms with Crippen molar-refractivity contribution in [3.05, 3.63) is 59.7 Å². The van der Waals surface area contributed by atoms with Crippen molar-refractivity contribution < 1.29 is 27.1 Å². The van der Waals surface area contributed by atoms with Crippen LogP contribution in [0, 0.1) is 5.82 Å². The third kappa shape index (κ3) is 6.59. The summed E-state index contributed by atoms with van der Waals surface area (Å²) in [7, 11) is -2.46. The zero-order valence-corrected chi connectivity index (χ0v) is 17.9. The second-order valence-electron chi connectivity index (χ2n) is 6.40. The third-order valence-electron chi connectivity index (χ3n) is 3.97. The van der Waals surface area contributed by atoms with Crippen molar-refractivity contribution in [2.45, 2.75) is 0 Å². The lowest BCUT2D eigenvalue weighted by Gasteiger charge is -2.06. The molecule has 0 saturated heterocycles. The van der Waals surface area contributed by atoms with Crippen molar-refractivity contribution >= 4 is 43.8 Å². The van der Waals surface area contributed by atoms with Crippen LogP contribution in [-0.2, 0) is 19.4 Å². The standard InChI is InChI=1S/C20H18FN3O5S2/c1-29-16-8-2-13(3-9-16)17-10-30-20(23-17)24-19(26)12-31(27,28)11-18(25)22-15-6-4-14(21)5-7-15/h2-10H,11-12H2,1H3,(H,22,25)(H,23,24,26). The summed E-state index contributed by atoms with van der Waals surface area (Å²) in [6.45, 7) is 0. The lowest BCUT2D eigenvalue weighted by molar-refractivity contribution is -0.114. The highest BCUT2D eigenvalue weighted by Gasteiger charge is 2.22. The van der Waals surface area contributed by atoms with Gasteiger partial charge in [-0.05, 0) is 48.5 Å². The first-order valence-electron chi connectivity index (χ1n) is 8.90. The zero-order valence-electron chi connectivity index (χ0n) is 16.3. The quantitative estimate of drug-likeness (QED) is 0.531. The largest absolute Gasteiger partial charge is 0.497 e. The number of hydrogen-bond donors (Lipinski definition) is 2. The number of methoxy groups -OCH3 is 1. The summed E-state index contributed by atoms with van der Waals surface area (Å²) in [6, 6.07) is 12.0. The summed E-state index contributed by atoms with van der Waals surface area (Å²) in [5.74, 6) is -3.17. The van der Waals surface area contributed by atoms with E-state index >= 15 is 0 Å². The molecule has 0 spiro atoms. The molecular formula is C20H18FN3O5S2. The summed E-state index contributed by atoms with van der Waals surface area (Å²) >= 11 is 1.15. The number of anilines is 2. The van der Waals surface area contributed by atoms with Crippen LogP contribution in [0.5, 0.6) is 5.75 Å². The number of nitrogens with zero attached hydrogens (tertiary/aromatic N) is 1. The number of thiazole rings is 1. The van der Waals surface area contributed by atoms with Crippen LogP contribution in [0.4, 0.5) is 15.2 Å². The van der Waals surface area contributed by atoms with Crippen molar-refractivity contribution in [3.63, 3.8) is 0 Å². The fourth-order valence-corrected chi connectivity index (χ4v) is 4.34. The Kier molecular flexibility index (Phi) is 6.98. The molecule has 1 heterocycles. The van der Waals surface area contributed by atoms with Crippen molar-refractivity contribution in [1.82, 2.24) is 4.98 Å². The van der Waals surface area contributed by atoms with Crippen molar-refractivity contribution in [1.29, 1.82) is 0 Å². The second-order valence-corrected chi connectivity index (χ2v) is 9.32. The number of nitrogens with one attached hydrogen (secondary N) is 2. The third-order valence-corrected chi connectivity index (χ3v) is 6.13. The van der Waals surface area contributed by atoms with Crippen LogP contribution in [-0.4, -0.2) is 43.8 Å². The minimum Gasteiger partial charge on any atom is -0.497 e. The zero-order chi connectivity index (χ0) is 22.4. The average molecular weight is 464 g/mol. The molecule has 0 saturated carbocycles. The van der Waals surface area contributed by atoms with E-state index in [9.17, 15) is 22.4 Å². The normalized spacial score (nSPS) is 11.0. The molecular weight excluding hydrogens is 445 g/mol. The smallest absolute Gasteiger partial charge is 0.241 e. The molecule has 8 nitrogen and oxygen atoms in total. The SMILES string of the molecule is COc1ccc(-c2csc(NC(=O)CS(=O)(=O)CC(=O)Nc3ccc(F)cc3)n2)cc1. The maximum absolute atomic E-state index is 12.9. The summed E-state index contributed by atoms with van der Waals surface area (Å²) in [4.78, 5) is 28.3. The van der Waals surface area contributed by atoms with Crippen LogP contribution in [0.15, 0.2) is 53.9 Å². The van der Waals surface area contributed by atoms with E-state index in [0.717, 1.165) is 29.0 Å². The summed E-state index contributed by atoms with van der Waals surface area (Å²) in [5, 5.41) is 6.74. The molecule has 2 N–H and O–H groups in total. The monoisotopic (exact) mass is 463 g/mol. The first kappa shape index (κ1) is 22.4. The van der Waals surface area contributed by atoms with Crippen LogP contribution < -0.4 is 15.4 Å². The first-order valence-corrected chi connectivity index (χ1v) is 11.6. The number of ether oxygens (including phenoxy) is 1. The molecule has 31 heavy (non-hydrogen) atoms. The molecule has 3 aromatic rings. The maximum Gasteiger partial charge on any atom is 0.241 e. The number of sulfone groups is 1. The van der Waals surface area contributed by atoms with E-state index in [4.69, 9.17) is 4.74 Å². The van der Waals surface area contributed by atoms with Gasteiger partial charge in [0.05, 0.1) is 12.8 Å². The Morgan fingerprint density at radius 1 is 1.00 bits per heavy atom. The van der Waals surface area contributed by atoms with Gasteiger partial charge in [-0.25, -0.2) is 17.8 Å². The Morgan fingerprint density at radius 3 is 2.23 bits per heavy atom. The molecule has 0 aliphatic rings. The number of amides is 2. The highest BCUT2D eigenvalue weighted by atomic mass is 32.2. The van der Waals surface area contributed by atoms with Gasteiger partial charge in [0.25, 0.3) is 0 Å². The molecule has 2 amide bonds. The number of halogens is 1. The van der Waals surface area contributed by atoms with E-state index in [-0.39, 0.29) is 10.8 Å².